The summed E-state index contributed by atoms with van der Waals surface area (Å²) >= 11 is 0. The number of halogens is 3. The molecule has 4 amide bonds. The van der Waals surface area contributed by atoms with Gasteiger partial charge in [-0.3, -0.25) is 9.59 Å². The molecule has 2 heterocycles. The summed E-state index contributed by atoms with van der Waals surface area (Å²) in [5.74, 6) is -1.78. The molecule has 3 aromatic rings. The Labute approximate surface area is 319 Å². The lowest BCUT2D eigenvalue weighted by atomic mass is 9.90. The number of hydrogen-bond acceptors (Lipinski definition) is 7. The average molecular weight is 767 g/mol. The van der Waals surface area contributed by atoms with Gasteiger partial charge in [0.25, 0.3) is 11.8 Å². The van der Waals surface area contributed by atoms with Gasteiger partial charge in [0.15, 0.2) is 0 Å². The molecule has 0 aliphatic carbocycles. The number of aryl methyl sites for hydroxylation is 1. The number of alkyl carbamates (subject to hydrolysis) is 1. The normalized spacial score (nSPS) is 18.7. The Bertz CT molecular complexity index is 1900. The van der Waals surface area contributed by atoms with Crippen LogP contribution in [0.1, 0.15) is 87.0 Å². The monoisotopic (exact) mass is 766 g/mol. The van der Waals surface area contributed by atoms with Crippen molar-refractivity contribution in [3.8, 4) is 5.75 Å². The van der Waals surface area contributed by atoms with Crippen molar-refractivity contribution in [2.45, 2.75) is 97.4 Å². The van der Waals surface area contributed by atoms with Crippen molar-refractivity contribution in [1.29, 1.82) is 0 Å². The number of anilines is 1. The number of amides is 4. The third-order valence-electron chi connectivity index (χ3n) is 9.51. The van der Waals surface area contributed by atoms with Gasteiger partial charge in [-0.05, 0) is 79.0 Å². The van der Waals surface area contributed by atoms with Crippen LogP contribution in [0.25, 0.3) is 0 Å². The number of likely N-dealkylation sites (tertiary alicyclic amines) is 1. The Hall–Kier alpha value is -5.27. The number of carbonyl (C=O) groups is 4. The van der Waals surface area contributed by atoms with Gasteiger partial charge < -0.3 is 34.2 Å². The van der Waals surface area contributed by atoms with Crippen LogP contribution in [0.2, 0.25) is 0 Å². The average Bonchev–Trinajstić information content (AvgIpc) is 3.11. The molecule has 1 N–H and O–H groups in total. The van der Waals surface area contributed by atoms with Crippen LogP contribution in [0.3, 0.4) is 0 Å². The largest absolute Gasteiger partial charge is 0.471 e. The number of fused-ring (bicyclic) bond motifs is 1. The second-order valence-electron chi connectivity index (χ2n) is 15.3. The molecule has 55 heavy (non-hydrogen) atoms. The van der Waals surface area contributed by atoms with Crippen molar-refractivity contribution >= 4 is 29.7 Å². The summed E-state index contributed by atoms with van der Waals surface area (Å²) in [6, 6.07) is 16.6. The van der Waals surface area contributed by atoms with Gasteiger partial charge in [-0.1, -0.05) is 60.2 Å². The predicted octanol–water partition coefficient (Wildman–Crippen LogP) is 7.83. The molecule has 3 aromatic carbocycles. The first-order valence-corrected chi connectivity index (χ1v) is 18.4. The van der Waals surface area contributed by atoms with E-state index in [0.717, 1.165) is 23.3 Å². The summed E-state index contributed by atoms with van der Waals surface area (Å²) in [4.78, 5) is 58.6. The molecule has 2 atom stereocenters. The molecule has 2 aliphatic heterocycles. The lowest BCUT2D eigenvalue weighted by molar-refractivity contribution is -0.138. The van der Waals surface area contributed by atoms with Gasteiger partial charge in [-0.2, -0.15) is 13.2 Å². The van der Waals surface area contributed by atoms with E-state index in [-0.39, 0.29) is 37.7 Å². The van der Waals surface area contributed by atoms with Crippen LogP contribution in [0.5, 0.6) is 5.75 Å². The number of alkyl halides is 3. The zero-order chi connectivity index (χ0) is 40.3. The molecule has 2 aliphatic rings. The molecule has 14 heteroatoms. The van der Waals surface area contributed by atoms with Gasteiger partial charge in [0, 0.05) is 37.8 Å². The van der Waals surface area contributed by atoms with Crippen LogP contribution in [0.4, 0.5) is 28.4 Å². The molecule has 296 valence electrons. The highest BCUT2D eigenvalue weighted by molar-refractivity contribution is 6.05. The minimum absolute atomic E-state index is 0.00594. The van der Waals surface area contributed by atoms with Crippen molar-refractivity contribution in [3.05, 3.63) is 94.5 Å². The lowest BCUT2D eigenvalue weighted by Gasteiger charge is -2.43. The molecular formula is C41H49F3N4O7. The number of ether oxygens (including phenoxy) is 3. The van der Waals surface area contributed by atoms with Crippen LogP contribution < -0.4 is 15.0 Å². The van der Waals surface area contributed by atoms with Crippen LogP contribution in [0.15, 0.2) is 66.7 Å². The fourth-order valence-corrected chi connectivity index (χ4v) is 6.93. The van der Waals surface area contributed by atoms with Gasteiger partial charge >= 0.3 is 18.4 Å². The van der Waals surface area contributed by atoms with Gasteiger partial charge in [-0.15, -0.1) is 0 Å². The maximum absolute atomic E-state index is 15.0. The van der Waals surface area contributed by atoms with Crippen LogP contribution in [-0.2, 0) is 32.7 Å². The molecule has 11 nitrogen and oxygen atoms in total. The van der Waals surface area contributed by atoms with Gasteiger partial charge in [0.05, 0.1) is 22.9 Å². The first-order chi connectivity index (χ1) is 25.8. The minimum Gasteiger partial charge on any atom is -0.471 e. The second kappa shape index (κ2) is 16.2. The van der Waals surface area contributed by atoms with Crippen LogP contribution in [-0.4, -0.2) is 77.7 Å². The van der Waals surface area contributed by atoms with Crippen molar-refractivity contribution in [1.82, 2.24) is 15.1 Å². The molecule has 0 aromatic heterocycles. The van der Waals surface area contributed by atoms with E-state index >= 15 is 13.2 Å². The van der Waals surface area contributed by atoms with Crippen LogP contribution in [0, 0.1) is 6.92 Å². The van der Waals surface area contributed by atoms with Gasteiger partial charge in [0.2, 0.25) is 5.60 Å². The Kier molecular flexibility index (Phi) is 12.1. The minimum atomic E-state index is -4.99. The summed E-state index contributed by atoms with van der Waals surface area (Å²) in [7, 11) is 0. The van der Waals surface area contributed by atoms with Gasteiger partial charge in [-0.25, -0.2) is 9.59 Å². The summed E-state index contributed by atoms with van der Waals surface area (Å²) in [6.45, 7) is 12.0. The Morgan fingerprint density at radius 3 is 2.38 bits per heavy atom. The summed E-state index contributed by atoms with van der Waals surface area (Å²) in [5.41, 5.74) is -2.50. The molecule has 0 radical (unpaired) electrons. The number of carbonyl (C=O) groups excluding carboxylic acids is 4. The number of piperidine rings is 1. The third kappa shape index (κ3) is 9.52. The van der Waals surface area contributed by atoms with E-state index in [1.165, 1.54) is 21.6 Å². The highest BCUT2D eigenvalue weighted by atomic mass is 19.4. The smallest absolute Gasteiger partial charge is 0.417 e. The zero-order valence-electron chi connectivity index (χ0n) is 32.3. The van der Waals surface area contributed by atoms with Crippen molar-refractivity contribution < 1.29 is 46.6 Å². The standard InChI is InChI=1S/C41H49F3N4O7/c1-26(2)48(30-17-12-19-46(24-30)38(52)55-39(4,5)6)35(49)31-22-33-34(23-32(31)41(42,43)44)54-40(7,29-16-11-13-27(3)21-29)36(50)47(33)20-18-45-37(51)53-25-28-14-9-8-10-15-28/h8-11,13-16,21-23,26,30H,12,17-20,24-25H2,1-7H3,(H,45,51)/t30-,40?/m1/s1. The van der Waals surface area contributed by atoms with Crippen molar-refractivity contribution in [3.63, 3.8) is 0 Å². The van der Waals surface area contributed by atoms with E-state index in [2.05, 4.69) is 5.32 Å². The quantitative estimate of drug-likeness (QED) is 0.236. The summed E-state index contributed by atoms with van der Waals surface area (Å²) in [5, 5.41) is 2.61. The number of nitrogens with zero attached hydrogens (tertiary/aromatic N) is 3. The fourth-order valence-electron chi connectivity index (χ4n) is 6.93. The Balaban J connectivity index is 1.51. The zero-order valence-corrected chi connectivity index (χ0v) is 32.3. The van der Waals surface area contributed by atoms with Gasteiger partial charge in [0.1, 0.15) is 18.0 Å². The van der Waals surface area contributed by atoms with Crippen LogP contribution >= 0.6 is 0 Å². The second-order valence-corrected chi connectivity index (χ2v) is 15.3. The Morgan fingerprint density at radius 2 is 1.75 bits per heavy atom. The maximum atomic E-state index is 15.0. The SMILES string of the molecule is Cc1cccc(C2(C)Oc3cc(C(F)(F)F)c(C(=O)N(C(C)C)[C@@H]4CCCN(C(=O)OC(C)(C)C)C4)cc3N(CCNC(=O)OCc3ccccc3)C2=O)c1. The first-order valence-electron chi connectivity index (χ1n) is 18.4. The molecular weight excluding hydrogens is 717 g/mol. The fraction of sp³-hybridized carbons (Fsp3) is 0.463. The van der Waals surface area contributed by atoms with E-state index in [0.29, 0.717) is 24.9 Å². The van der Waals surface area contributed by atoms with E-state index in [9.17, 15) is 19.2 Å². The van der Waals surface area contributed by atoms with E-state index in [1.54, 1.807) is 77.1 Å². The molecule has 5 rings (SSSR count). The number of benzene rings is 3. The van der Waals surface area contributed by atoms with E-state index in [4.69, 9.17) is 14.2 Å². The highest BCUT2D eigenvalue weighted by Gasteiger charge is 2.49. The van der Waals surface area contributed by atoms with E-state index in [1.807, 2.05) is 19.1 Å². The summed E-state index contributed by atoms with van der Waals surface area (Å²) < 4.78 is 62.1. The number of rotatable bonds is 9. The predicted molar refractivity (Wildman–Crippen MR) is 200 cm³/mol. The molecule has 1 saturated heterocycles. The number of hydrogen-bond donors (Lipinski definition) is 1. The molecule has 0 bridgehead atoms. The highest BCUT2D eigenvalue weighted by Crippen LogP contribution is 2.47. The number of nitrogens with one attached hydrogen (secondary N) is 1. The van der Waals surface area contributed by atoms with Crippen molar-refractivity contribution in [2.24, 2.45) is 0 Å². The molecule has 0 spiro atoms. The topological polar surface area (TPSA) is 118 Å². The van der Waals surface area contributed by atoms with E-state index < -0.39 is 64.6 Å². The maximum Gasteiger partial charge on any atom is 0.417 e. The lowest BCUT2D eigenvalue weighted by Crippen LogP contribution is -2.55. The van der Waals surface area contributed by atoms with Crippen molar-refractivity contribution in [2.75, 3.05) is 31.1 Å². The summed E-state index contributed by atoms with van der Waals surface area (Å²) in [6.07, 6.45) is -5.36. The first kappa shape index (κ1) is 40.9. The third-order valence-corrected chi connectivity index (χ3v) is 9.51. The molecule has 1 unspecified atom stereocenters. The Morgan fingerprint density at radius 1 is 1.04 bits per heavy atom. The molecule has 0 saturated carbocycles. The molecule has 1 fully saturated rings.